The van der Waals surface area contributed by atoms with E-state index in [2.05, 4.69) is 24.3 Å². The largest absolute Gasteiger partial charge is 0.466 e. The van der Waals surface area contributed by atoms with E-state index in [0.717, 1.165) is 23.8 Å². The molecule has 0 spiro atoms. The topological polar surface area (TPSA) is 66.9 Å². The Labute approximate surface area is 177 Å². The summed E-state index contributed by atoms with van der Waals surface area (Å²) in [6.45, 7) is 3.15. The van der Waals surface area contributed by atoms with Gasteiger partial charge in [0.05, 0.1) is 19.1 Å². The summed E-state index contributed by atoms with van der Waals surface area (Å²) in [6.07, 6.45) is 2.50. The quantitative estimate of drug-likeness (QED) is 0.658. The Balaban J connectivity index is 1.49. The van der Waals surface area contributed by atoms with E-state index in [1.54, 1.807) is 18.9 Å². The zero-order valence-electron chi connectivity index (χ0n) is 17.8. The molecule has 1 atom stereocenters. The summed E-state index contributed by atoms with van der Waals surface area (Å²) in [5.41, 5.74) is 1.11. The molecule has 0 radical (unpaired) electrons. The second-order valence-corrected chi connectivity index (χ2v) is 7.86. The number of ether oxygens (including phenoxy) is 1. The number of carbonyl (C=O) groups is 3. The number of aryl methyl sites for hydroxylation is 1. The first-order chi connectivity index (χ1) is 14.5. The van der Waals surface area contributed by atoms with Crippen molar-refractivity contribution in [2.45, 2.75) is 32.6 Å². The summed E-state index contributed by atoms with van der Waals surface area (Å²) in [6, 6.07) is 14.4. The van der Waals surface area contributed by atoms with Crippen LogP contribution in [0.25, 0.3) is 10.8 Å². The van der Waals surface area contributed by atoms with Crippen LogP contribution in [0.2, 0.25) is 0 Å². The first-order valence-corrected chi connectivity index (χ1v) is 10.6. The number of amides is 2. The summed E-state index contributed by atoms with van der Waals surface area (Å²) in [5.74, 6) is -0.688. The van der Waals surface area contributed by atoms with Crippen molar-refractivity contribution in [2.24, 2.45) is 5.92 Å². The van der Waals surface area contributed by atoms with Gasteiger partial charge in [0.2, 0.25) is 11.8 Å². The van der Waals surface area contributed by atoms with Crippen LogP contribution in [0.1, 0.15) is 31.7 Å². The predicted molar refractivity (Wildman–Crippen MR) is 116 cm³/mol. The van der Waals surface area contributed by atoms with E-state index >= 15 is 0 Å². The molecule has 1 aliphatic heterocycles. The number of hydrogen-bond donors (Lipinski definition) is 0. The number of likely N-dealkylation sites (N-methyl/N-ethyl adjacent to an activating group) is 1. The molecule has 2 aromatic carbocycles. The van der Waals surface area contributed by atoms with E-state index in [0.29, 0.717) is 32.5 Å². The number of hydrogen-bond acceptors (Lipinski definition) is 4. The zero-order chi connectivity index (χ0) is 21.5. The number of fused-ring (bicyclic) bond motifs is 1. The molecule has 3 rings (SSSR count). The Morgan fingerprint density at radius 2 is 1.90 bits per heavy atom. The molecule has 0 aromatic heterocycles. The zero-order valence-corrected chi connectivity index (χ0v) is 17.8. The fourth-order valence-corrected chi connectivity index (χ4v) is 3.88. The maximum atomic E-state index is 12.6. The van der Waals surface area contributed by atoms with Crippen molar-refractivity contribution in [1.29, 1.82) is 0 Å². The molecule has 0 aliphatic carbocycles. The third kappa shape index (κ3) is 5.59. The minimum absolute atomic E-state index is 0.0338. The van der Waals surface area contributed by atoms with Gasteiger partial charge in [-0.05, 0) is 42.5 Å². The van der Waals surface area contributed by atoms with Crippen molar-refractivity contribution in [3.8, 4) is 0 Å². The number of rotatable bonds is 7. The van der Waals surface area contributed by atoms with Gasteiger partial charge < -0.3 is 14.5 Å². The summed E-state index contributed by atoms with van der Waals surface area (Å²) in [7, 11) is 1.66. The van der Waals surface area contributed by atoms with Crippen molar-refractivity contribution < 1.29 is 19.1 Å². The molecular weight excluding hydrogens is 380 g/mol. The molecule has 2 amide bonds. The fourth-order valence-electron chi connectivity index (χ4n) is 3.88. The normalized spacial score (nSPS) is 16.3. The molecule has 6 nitrogen and oxygen atoms in total. The molecular formula is C24H30N2O4. The van der Waals surface area contributed by atoms with Gasteiger partial charge >= 0.3 is 5.97 Å². The van der Waals surface area contributed by atoms with Crippen LogP contribution in [-0.4, -0.2) is 60.9 Å². The van der Waals surface area contributed by atoms with Gasteiger partial charge in [-0.25, -0.2) is 0 Å². The Morgan fingerprint density at radius 1 is 1.13 bits per heavy atom. The maximum Gasteiger partial charge on any atom is 0.310 e. The van der Waals surface area contributed by atoms with Gasteiger partial charge in [0.15, 0.2) is 0 Å². The SMILES string of the molecule is CCOC(=O)C1CCCN(C(=O)CN(C)C(=O)CCc2ccc3ccccc3c2)C1. The van der Waals surface area contributed by atoms with Crippen LogP contribution in [0.5, 0.6) is 0 Å². The molecule has 0 bridgehead atoms. The number of piperidine rings is 1. The van der Waals surface area contributed by atoms with Crippen molar-refractivity contribution in [1.82, 2.24) is 9.80 Å². The summed E-state index contributed by atoms with van der Waals surface area (Å²) in [4.78, 5) is 40.3. The molecule has 1 aliphatic rings. The molecule has 1 saturated heterocycles. The third-order valence-electron chi connectivity index (χ3n) is 5.63. The molecule has 160 valence electrons. The lowest BCUT2D eigenvalue weighted by Gasteiger charge is -2.32. The van der Waals surface area contributed by atoms with Crippen molar-refractivity contribution >= 4 is 28.6 Å². The molecule has 1 fully saturated rings. The van der Waals surface area contributed by atoms with Crippen LogP contribution in [0.4, 0.5) is 0 Å². The summed E-state index contributed by atoms with van der Waals surface area (Å²) < 4.78 is 5.09. The van der Waals surface area contributed by atoms with Crippen molar-refractivity contribution in [2.75, 3.05) is 33.3 Å². The second-order valence-electron chi connectivity index (χ2n) is 7.86. The second kappa shape index (κ2) is 10.2. The standard InChI is InChI=1S/C24H30N2O4/c1-3-30-24(29)21-9-6-14-26(16-21)23(28)17-25(2)22(27)13-11-18-10-12-19-7-4-5-8-20(19)15-18/h4-5,7-8,10,12,15,21H,3,6,9,11,13-14,16-17H2,1-2H3. The van der Waals surface area contributed by atoms with Crippen molar-refractivity contribution in [3.05, 3.63) is 48.0 Å². The van der Waals surface area contributed by atoms with Gasteiger partial charge in [-0.1, -0.05) is 42.5 Å². The first-order valence-electron chi connectivity index (χ1n) is 10.6. The average molecular weight is 411 g/mol. The van der Waals surface area contributed by atoms with Gasteiger partial charge in [-0.3, -0.25) is 14.4 Å². The first kappa shape index (κ1) is 21.8. The van der Waals surface area contributed by atoms with E-state index in [1.807, 2.05) is 18.2 Å². The summed E-state index contributed by atoms with van der Waals surface area (Å²) in [5, 5.41) is 2.34. The Morgan fingerprint density at radius 3 is 2.67 bits per heavy atom. The van der Waals surface area contributed by atoms with Crippen molar-refractivity contribution in [3.63, 3.8) is 0 Å². The lowest BCUT2D eigenvalue weighted by atomic mass is 9.98. The smallest absolute Gasteiger partial charge is 0.310 e. The van der Waals surface area contributed by atoms with E-state index < -0.39 is 0 Å². The van der Waals surface area contributed by atoms with Crippen LogP contribution in [0, 0.1) is 5.92 Å². The number of nitrogens with zero attached hydrogens (tertiary/aromatic N) is 2. The molecule has 30 heavy (non-hydrogen) atoms. The Kier molecular flexibility index (Phi) is 7.44. The number of benzene rings is 2. The highest BCUT2D eigenvalue weighted by atomic mass is 16.5. The van der Waals surface area contributed by atoms with E-state index in [1.165, 1.54) is 10.3 Å². The molecule has 1 heterocycles. The highest BCUT2D eigenvalue weighted by molar-refractivity contribution is 5.86. The highest BCUT2D eigenvalue weighted by Gasteiger charge is 2.30. The van der Waals surface area contributed by atoms with Crippen LogP contribution in [0.15, 0.2) is 42.5 Å². The number of likely N-dealkylation sites (tertiary alicyclic amines) is 1. The molecule has 2 aromatic rings. The average Bonchev–Trinajstić information content (AvgIpc) is 2.77. The fraction of sp³-hybridized carbons (Fsp3) is 0.458. The van der Waals surface area contributed by atoms with E-state index in [-0.39, 0.29) is 30.2 Å². The lowest BCUT2D eigenvalue weighted by molar-refractivity contribution is -0.152. The predicted octanol–water partition coefficient (Wildman–Crippen LogP) is 3.03. The van der Waals surface area contributed by atoms with Gasteiger partial charge in [0.25, 0.3) is 0 Å². The van der Waals surface area contributed by atoms with Crippen LogP contribution >= 0.6 is 0 Å². The third-order valence-corrected chi connectivity index (χ3v) is 5.63. The Hall–Kier alpha value is -2.89. The van der Waals surface area contributed by atoms with E-state index in [4.69, 9.17) is 4.74 Å². The lowest BCUT2D eigenvalue weighted by Crippen LogP contribution is -2.47. The van der Waals surface area contributed by atoms with Crippen LogP contribution < -0.4 is 0 Å². The van der Waals surface area contributed by atoms with E-state index in [9.17, 15) is 14.4 Å². The van der Waals surface area contributed by atoms with Gasteiger partial charge in [-0.2, -0.15) is 0 Å². The molecule has 0 N–H and O–H groups in total. The van der Waals surface area contributed by atoms with Crippen LogP contribution in [-0.2, 0) is 25.5 Å². The minimum atomic E-state index is -0.267. The monoisotopic (exact) mass is 410 g/mol. The highest BCUT2D eigenvalue weighted by Crippen LogP contribution is 2.19. The maximum absolute atomic E-state index is 12.6. The minimum Gasteiger partial charge on any atom is -0.466 e. The molecule has 1 unspecified atom stereocenters. The molecule has 6 heteroatoms. The van der Waals surface area contributed by atoms with Crippen LogP contribution in [0.3, 0.4) is 0 Å². The number of carbonyl (C=O) groups excluding carboxylic acids is 3. The van der Waals surface area contributed by atoms with Gasteiger partial charge in [0, 0.05) is 26.6 Å². The molecule has 0 saturated carbocycles. The summed E-state index contributed by atoms with van der Waals surface area (Å²) >= 11 is 0. The van der Waals surface area contributed by atoms with Gasteiger partial charge in [-0.15, -0.1) is 0 Å². The number of esters is 1. The van der Waals surface area contributed by atoms with Gasteiger partial charge in [0.1, 0.15) is 0 Å². The Bertz CT molecular complexity index is 911.